The fraction of sp³-hybridized carbons (Fsp3) is 0.350. The largest absolute Gasteiger partial charge is 0.484 e. The van der Waals surface area contributed by atoms with Gasteiger partial charge < -0.3 is 19.9 Å². The number of amides is 1. The van der Waals surface area contributed by atoms with E-state index in [1.165, 1.54) is 5.69 Å². The zero-order valence-corrected chi connectivity index (χ0v) is 16.8. The molecule has 6 heteroatoms. The van der Waals surface area contributed by atoms with E-state index >= 15 is 0 Å². The molecule has 1 aliphatic heterocycles. The van der Waals surface area contributed by atoms with Gasteiger partial charge in [0.2, 0.25) is 0 Å². The minimum absolute atomic E-state index is 0.0126. The standard InChI is InChI=1S/C20H24BrN3O2/c1-15-13-17(24-11-9-23(2)10-12-24)5-8-19(15)22-20(25)14-26-18-6-3-16(21)4-7-18/h3-8,13H,9-12,14H2,1-2H3,(H,22,25). The Labute approximate surface area is 163 Å². The molecule has 0 radical (unpaired) electrons. The first-order valence-corrected chi connectivity index (χ1v) is 9.53. The lowest BCUT2D eigenvalue weighted by Crippen LogP contribution is -2.44. The Balaban J connectivity index is 1.55. The van der Waals surface area contributed by atoms with Gasteiger partial charge in [-0.15, -0.1) is 0 Å². The van der Waals surface area contributed by atoms with Crippen LogP contribution in [0, 0.1) is 6.92 Å². The molecule has 0 aromatic heterocycles. The second kappa shape index (κ2) is 8.56. The molecule has 1 heterocycles. The van der Waals surface area contributed by atoms with Gasteiger partial charge in [-0.05, 0) is 62.0 Å². The minimum atomic E-state index is -0.164. The highest BCUT2D eigenvalue weighted by atomic mass is 79.9. The first-order chi connectivity index (χ1) is 12.5. The van der Waals surface area contributed by atoms with Crippen molar-refractivity contribution in [2.75, 3.05) is 50.1 Å². The summed E-state index contributed by atoms with van der Waals surface area (Å²) in [5.74, 6) is 0.508. The van der Waals surface area contributed by atoms with Gasteiger partial charge in [-0.2, -0.15) is 0 Å². The lowest BCUT2D eigenvalue weighted by Gasteiger charge is -2.34. The Hall–Kier alpha value is -2.05. The number of hydrogen-bond acceptors (Lipinski definition) is 4. The number of nitrogens with one attached hydrogen (secondary N) is 1. The van der Waals surface area contributed by atoms with Crippen LogP contribution in [0.1, 0.15) is 5.56 Å². The predicted octanol–water partition coefficient (Wildman–Crippen LogP) is 3.53. The molecular weight excluding hydrogens is 394 g/mol. The van der Waals surface area contributed by atoms with Crippen molar-refractivity contribution in [3.63, 3.8) is 0 Å². The number of benzene rings is 2. The Kier molecular flexibility index (Phi) is 6.16. The van der Waals surface area contributed by atoms with E-state index in [-0.39, 0.29) is 12.5 Å². The quantitative estimate of drug-likeness (QED) is 0.807. The van der Waals surface area contributed by atoms with E-state index in [4.69, 9.17) is 4.74 Å². The molecule has 0 saturated carbocycles. The highest BCUT2D eigenvalue weighted by Gasteiger charge is 2.15. The van der Waals surface area contributed by atoms with Gasteiger partial charge in [-0.3, -0.25) is 4.79 Å². The van der Waals surface area contributed by atoms with E-state index in [9.17, 15) is 4.79 Å². The molecule has 1 amide bonds. The monoisotopic (exact) mass is 417 g/mol. The summed E-state index contributed by atoms with van der Waals surface area (Å²) >= 11 is 3.37. The minimum Gasteiger partial charge on any atom is -0.484 e. The van der Waals surface area contributed by atoms with Gasteiger partial charge in [0.05, 0.1) is 0 Å². The van der Waals surface area contributed by atoms with E-state index in [1.807, 2.05) is 37.3 Å². The van der Waals surface area contributed by atoms with E-state index in [0.717, 1.165) is 41.9 Å². The Morgan fingerprint density at radius 1 is 1.12 bits per heavy atom. The second-order valence-corrected chi connectivity index (χ2v) is 7.50. The summed E-state index contributed by atoms with van der Waals surface area (Å²) in [6.07, 6.45) is 0. The average Bonchev–Trinajstić information content (AvgIpc) is 2.63. The number of likely N-dealkylation sites (N-methyl/N-ethyl adjacent to an activating group) is 1. The third kappa shape index (κ3) is 4.99. The van der Waals surface area contributed by atoms with E-state index < -0.39 is 0 Å². The number of nitrogens with zero attached hydrogens (tertiary/aromatic N) is 2. The number of ether oxygens (including phenoxy) is 1. The van der Waals surface area contributed by atoms with Gasteiger partial charge in [-0.25, -0.2) is 0 Å². The van der Waals surface area contributed by atoms with Crippen molar-refractivity contribution >= 4 is 33.2 Å². The van der Waals surface area contributed by atoms with Crippen LogP contribution >= 0.6 is 15.9 Å². The highest BCUT2D eigenvalue weighted by Crippen LogP contribution is 2.24. The van der Waals surface area contributed by atoms with Gasteiger partial charge >= 0.3 is 0 Å². The summed E-state index contributed by atoms with van der Waals surface area (Å²) in [6, 6.07) is 13.6. The summed E-state index contributed by atoms with van der Waals surface area (Å²) in [5, 5.41) is 2.93. The first-order valence-electron chi connectivity index (χ1n) is 8.73. The predicted molar refractivity (Wildman–Crippen MR) is 109 cm³/mol. The highest BCUT2D eigenvalue weighted by molar-refractivity contribution is 9.10. The van der Waals surface area contributed by atoms with Crippen LogP contribution in [-0.4, -0.2) is 50.6 Å². The second-order valence-electron chi connectivity index (χ2n) is 6.58. The van der Waals surface area contributed by atoms with E-state index in [1.54, 1.807) is 0 Å². The van der Waals surface area contributed by atoms with Gasteiger partial charge in [0.15, 0.2) is 6.61 Å². The molecule has 1 aliphatic rings. The molecular formula is C20H24BrN3O2. The molecule has 0 atom stereocenters. The maximum atomic E-state index is 12.2. The number of piperazine rings is 1. The van der Waals surface area contributed by atoms with Crippen molar-refractivity contribution in [2.24, 2.45) is 0 Å². The fourth-order valence-corrected chi connectivity index (χ4v) is 3.18. The molecule has 5 nitrogen and oxygen atoms in total. The maximum Gasteiger partial charge on any atom is 0.262 e. The van der Waals surface area contributed by atoms with Crippen LogP contribution in [0.25, 0.3) is 0 Å². The molecule has 1 saturated heterocycles. The molecule has 2 aromatic rings. The number of anilines is 2. The van der Waals surface area contributed by atoms with Crippen LogP contribution in [0.15, 0.2) is 46.9 Å². The number of hydrogen-bond donors (Lipinski definition) is 1. The number of carbonyl (C=O) groups excluding carboxylic acids is 1. The van der Waals surface area contributed by atoms with Crippen LogP contribution in [0.2, 0.25) is 0 Å². The summed E-state index contributed by atoms with van der Waals surface area (Å²) in [4.78, 5) is 16.9. The summed E-state index contributed by atoms with van der Waals surface area (Å²) in [5.41, 5.74) is 3.09. The number of aryl methyl sites for hydroxylation is 1. The first kappa shape index (κ1) is 18.7. The molecule has 0 bridgehead atoms. The lowest BCUT2D eigenvalue weighted by atomic mass is 10.1. The number of halogens is 1. The molecule has 1 fully saturated rings. The molecule has 2 aromatic carbocycles. The zero-order valence-electron chi connectivity index (χ0n) is 15.2. The molecule has 0 unspecified atom stereocenters. The van der Waals surface area contributed by atoms with Crippen LogP contribution in [-0.2, 0) is 4.79 Å². The van der Waals surface area contributed by atoms with Gasteiger partial charge in [0, 0.05) is 42.0 Å². The third-order valence-corrected chi connectivity index (χ3v) is 5.06. The van der Waals surface area contributed by atoms with Crippen LogP contribution in [0.5, 0.6) is 5.75 Å². The van der Waals surface area contributed by atoms with Crippen molar-refractivity contribution < 1.29 is 9.53 Å². The third-order valence-electron chi connectivity index (χ3n) is 4.54. The fourth-order valence-electron chi connectivity index (χ4n) is 2.92. The molecule has 26 heavy (non-hydrogen) atoms. The molecule has 1 N–H and O–H groups in total. The molecule has 3 rings (SSSR count). The van der Waals surface area contributed by atoms with Gasteiger partial charge in [-0.1, -0.05) is 15.9 Å². The molecule has 0 spiro atoms. The smallest absolute Gasteiger partial charge is 0.262 e. The zero-order chi connectivity index (χ0) is 18.5. The Bertz CT molecular complexity index is 756. The van der Waals surface area contributed by atoms with Crippen molar-refractivity contribution in [1.82, 2.24) is 4.90 Å². The normalized spacial score (nSPS) is 15.0. The molecule has 0 aliphatic carbocycles. The summed E-state index contributed by atoms with van der Waals surface area (Å²) < 4.78 is 6.50. The topological polar surface area (TPSA) is 44.8 Å². The molecule has 138 valence electrons. The lowest BCUT2D eigenvalue weighted by molar-refractivity contribution is -0.118. The number of carbonyl (C=O) groups is 1. The van der Waals surface area contributed by atoms with E-state index in [0.29, 0.717) is 5.75 Å². The van der Waals surface area contributed by atoms with Crippen molar-refractivity contribution in [3.8, 4) is 5.75 Å². The van der Waals surface area contributed by atoms with Crippen molar-refractivity contribution in [2.45, 2.75) is 6.92 Å². The maximum absolute atomic E-state index is 12.2. The van der Waals surface area contributed by atoms with Crippen molar-refractivity contribution in [1.29, 1.82) is 0 Å². The summed E-state index contributed by atoms with van der Waals surface area (Å²) in [7, 11) is 2.15. The van der Waals surface area contributed by atoms with Gasteiger partial charge in [0.1, 0.15) is 5.75 Å². The van der Waals surface area contributed by atoms with Crippen molar-refractivity contribution in [3.05, 3.63) is 52.5 Å². The van der Waals surface area contributed by atoms with Crippen LogP contribution < -0.4 is 15.0 Å². The summed E-state index contributed by atoms with van der Waals surface area (Å²) in [6.45, 7) is 6.22. The average molecular weight is 418 g/mol. The van der Waals surface area contributed by atoms with Crippen LogP contribution in [0.4, 0.5) is 11.4 Å². The van der Waals surface area contributed by atoms with Crippen LogP contribution in [0.3, 0.4) is 0 Å². The van der Waals surface area contributed by atoms with Gasteiger partial charge in [0.25, 0.3) is 5.91 Å². The number of rotatable bonds is 5. The SMILES string of the molecule is Cc1cc(N2CCN(C)CC2)ccc1NC(=O)COc1ccc(Br)cc1. The Morgan fingerprint density at radius 2 is 1.81 bits per heavy atom. The van der Waals surface area contributed by atoms with E-state index in [2.05, 4.69) is 50.2 Å². The Morgan fingerprint density at radius 3 is 2.46 bits per heavy atom.